The third-order valence-electron chi connectivity index (χ3n) is 2.87. The summed E-state index contributed by atoms with van der Waals surface area (Å²) < 4.78 is 0. The van der Waals surface area contributed by atoms with Gasteiger partial charge < -0.3 is 5.32 Å². The Bertz CT molecular complexity index is 767. The van der Waals surface area contributed by atoms with Gasteiger partial charge in [0.2, 0.25) is 10.3 Å². The van der Waals surface area contributed by atoms with Gasteiger partial charge in [0.1, 0.15) is 0 Å². The second-order valence-corrected chi connectivity index (χ2v) is 5.67. The minimum atomic E-state index is 0.641. The lowest BCUT2D eigenvalue weighted by Gasteiger charge is -2.01. The van der Waals surface area contributed by atoms with Crippen LogP contribution >= 0.6 is 11.3 Å². The van der Waals surface area contributed by atoms with E-state index >= 15 is 0 Å². The first kappa shape index (κ1) is 14.2. The van der Waals surface area contributed by atoms with Gasteiger partial charge in [0.25, 0.3) is 0 Å². The van der Waals surface area contributed by atoms with E-state index in [9.17, 15) is 0 Å². The molecule has 0 saturated heterocycles. The van der Waals surface area contributed by atoms with E-state index in [-0.39, 0.29) is 0 Å². The Morgan fingerprint density at radius 3 is 2.64 bits per heavy atom. The largest absolute Gasteiger partial charge is 0.330 e. The first-order chi connectivity index (χ1) is 10.8. The number of rotatable bonds is 5. The van der Waals surface area contributed by atoms with E-state index < -0.39 is 0 Å². The summed E-state index contributed by atoms with van der Waals surface area (Å²) in [5.74, 6) is 0. The Morgan fingerprint density at radius 1 is 1.00 bits per heavy atom. The summed E-state index contributed by atoms with van der Waals surface area (Å²) in [4.78, 5) is 0. The number of nitrogens with zero attached hydrogens (tertiary/aromatic N) is 3. The van der Waals surface area contributed by atoms with E-state index in [1.54, 1.807) is 6.21 Å². The standard InChI is InChI=1S/C16H15N5S/c1-12-6-5-9-14(10-12)18-15-20-21-16(22-15)19-17-11-13-7-3-2-4-8-13/h2-11H,1H3,(H,18,20)(H,19,21)/b17-11+. The predicted molar refractivity (Wildman–Crippen MR) is 92.0 cm³/mol. The summed E-state index contributed by atoms with van der Waals surface area (Å²) in [6.45, 7) is 2.05. The fourth-order valence-corrected chi connectivity index (χ4v) is 2.48. The molecule has 0 bridgehead atoms. The van der Waals surface area contributed by atoms with Crippen molar-refractivity contribution in [3.05, 3.63) is 65.7 Å². The van der Waals surface area contributed by atoms with Gasteiger partial charge in [-0.25, -0.2) is 0 Å². The predicted octanol–water partition coefficient (Wildman–Crippen LogP) is 4.04. The molecule has 0 aliphatic heterocycles. The molecule has 0 fully saturated rings. The molecule has 5 nitrogen and oxygen atoms in total. The van der Waals surface area contributed by atoms with E-state index in [4.69, 9.17) is 0 Å². The van der Waals surface area contributed by atoms with Crippen LogP contribution in [0.1, 0.15) is 11.1 Å². The smallest absolute Gasteiger partial charge is 0.227 e. The van der Waals surface area contributed by atoms with Crippen molar-refractivity contribution in [2.75, 3.05) is 10.7 Å². The first-order valence-corrected chi connectivity index (χ1v) is 7.62. The van der Waals surface area contributed by atoms with Crippen molar-refractivity contribution < 1.29 is 0 Å². The molecule has 2 N–H and O–H groups in total. The van der Waals surface area contributed by atoms with E-state index in [0.717, 1.165) is 16.4 Å². The van der Waals surface area contributed by atoms with Gasteiger partial charge in [-0.15, -0.1) is 10.2 Å². The van der Waals surface area contributed by atoms with Crippen LogP contribution in [0, 0.1) is 6.92 Å². The third kappa shape index (κ3) is 3.89. The zero-order chi connectivity index (χ0) is 15.2. The van der Waals surface area contributed by atoms with Crippen molar-refractivity contribution in [2.24, 2.45) is 5.10 Å². The zero-order valence-electron chi connectivity index (χ0n) is 12.0. The number of aromatic nitrogens is 2. The molecule has 0 saturated carbocycles. The highest BCUT2D eigenvalue weighted by atomic mass is 32.1. The maximum atomic E-state index is 4.15. The highest BCUT2D eigenvalue weighted by Gasteiger charge is 2.03. The molecule has 0 spiro atoms. The van der Waals surface area contributed by atoms with E-state index in [1.165, 1.54) is 16.9 Å². The van der Waals surface area contributed by atoms with Crippen LogP contribution in [0.25, 0.3) is 0 Å². The van der Waals surface area contributed by atoms with E-state index in [1.807, 2.05) is 42.5 Å². The SMILES string of the molecule is Cc1cccc(Nc2nnc(N/N=C/c3ccccc3)s2)c1. The average molecular weight is 309 g/mol. The van der Waals surface area contributed by atoms with Gasteiger partial charge in [-0.1, -0.05) is 53.8 Å². The van der Waals surface area contributed by atoms with Crippen LogP contribution in [-0.2, 0) is 0 Å². The third-order valence-corrected chi connectivity index (χ3v) is 3.61. The maximum Gasteiger partial charge on any atom is 0.227 e. The zero-order valence-corrected chi connectivity index (χ0v) is 12.8. The number of hydrogen-bond donors (Lipinski definition) is 2. The van der Waals surface area contributed by atoms with Crippen LogP contribution in [0.15, 0.2) is 59.7 Å². The van der Waals surface area contributed by atoms with Crippen molar-refractivity contribution >= 4 is 33.5 Å². The molecule has 22 heavy (non-hydrogen) atoms. The molecule has 0 aliphatic rings. The quantitative estimate of drug-likeness (QED) is 0.551. The fourth-order valence-electron chi connectivity index (χ4n) is 1.87. The Labute approximate surface area is 132 Å². The molecule has 1 aromatic heterocycles. The molecular weight excluding hydrogens is 294 g/mol. The van der Waals surface area contributed by atoms with Crippen LogP contribution in [0.5, 0.6) is 0 Å². The normalized spacial score (nSPS) is 10.8. The number of benzene rings is 2. The fraction of sp³-hybridized carbons (Fsp3) is 0.0625. The Balaban J connectivity index is 1.60. The van der Waals surface area contributed by atoms with Gasteiger partial charge in [0.05, 0.1) is 6.21 Å². The van der Waals surface area contributed by atoms with Crippen LogP contribution in [0.4, 0.5) is 16.0 Å². The molecule has 3 aromatic rings. The molecule has 1 heterocycles. The molecule has 0 radical (unpaired) electrons. The second kappa shape index (κ2) is 6.82. The van der Waals surface area contributed by atoms with Gasteiger partial charge in [0.15, 0.2) is 0 Å². The molecule has 6 heteroatoms. The summed E-state index contributed by atoms with van der Waals surface area (Å²) in [6, 6.07) is 18.0. The molecule has 3 rings (SSSR count). The van der Waals surface area contributed by atoms with Crippen LogP contribution in [-0.4, -0.2) is 16.4 Å². The second-order valence-electron chi connectivity index (χ2n) is 4.69. The number of nitrogens with one attached hydrogen (secondary N) is 2. The van der Waals surface area contributed by atoms with E-state index in [2.05, 4.69) is 45.1 Å². The molecule has 0 amide bonds. The lowest BCUT2D eigenvalue weighted by Crippen LogP contribution is -1.89. The maximum absolute atomic E-state index is 4.15. The topological polar surface area (TPSA) is 62.2 Å². The van der Waals surface area contributed by atoms with Crippen molar-refractivity contribution in [3.8, 4) is 0 Å². The highest BCUT2D eigenvalue weighted by Crippen LogP contribution is 2.24. The first-order valence-electron chi connectivity index (χ1n) is 6.81. The molecule has 0 atom stereocenters. The summed E-state index contributed by atoms with van der Waals surface area (Å²) in [5, 5.41) is 16.9. The Kier molecular flexibility index (Phi) is 4.41. The summed E-state index contributed by atoms with van der Waals surface area (Å²) in [6.07, 6.45) is 1.75. The van der Waals surface area contributed by atoms with Crippen molar-refractivity contribution in [1.29, 1.82) is 0 Å². The Hall–Kier alpha value is -2.73. The highest BCUT2D eigenvalue weighted by molar-refractivity contribution is 7.19. The van der Waals surface area contributed by atoms with Gasteiger partial charge in [-0.3, -0.25) is 5.43 Å². The minimum absolute atomic E-state index is 0.641. The molecule has 110 valence electrons. The van der Waals surface area contributed by atoms with Gasteiger partial charge in [-0.05, 0) is 30.2 Å². The number of hydrogen-bond acceptors (Lipinski definition) is 6. The van der Waals surface area contributed by atoms with E-state index in [0.29, 0.717) is 5.13 Å². The van der Waals surface area contributed by atoms with Crippen molar-refractivity contribution in [2.45, 2.75) is 6.92 Å². The van der Waals surface area contributed by atoms with Gasteiger partial charge in [-0.2, -0.15) is 5.10 Å². The molecular formula is C16H15N5S. The van der Waals surface area contributed by atoms with Gasteiger partial charge >= 0.3 is 0 Å². The summed E-state index contributed by atoms with van der Waals surface area (Å²) >= 11 is 1.41. The summed E-state index contributed by atoms with van der Waals surface area (Å²) in [5.41, 5.74) is 6.10. The Morgan fingerprint density at radius 2 is 1.82 bits per heavy atom. The van der Waals surface area contributed by atoms with Crippen LogP contribution in [0.3, 0.4) is 0 Å². The lowest BCUT2D eigenvalue weighted by atomic mass is 10.2. The van der Waals surface area contributed by atoms with Gasteiger partial charge in [0, 0.05) is 5.69 Å². The average Bonchev–Trinajstić information content (AvgIpc) is 2.96. The molecule has 0 unspecified atom stereocenters. The number of anilines is 3. The lowest BCUT2D eigenvalue weighted by molar-refractivity contribution is 1.08. The summed E-state index contributed by atoms with van der Waals surface area (Å²) in [7, 11) is 0. The van der Waals surface area contributed by atoms with Crippen LogP contribution in [0.2, 0.25) is 0 Å². The minimum Gasteiger partial charge on any atom is -0.330 e. The molecule has 2 aromatic carbocycles. The van der Waals surface area contributed by atoms with Crippen molar-refractivity contribution in [1.82, 2.24) is 10.2 Å². The monoisotopic (exact) mass is 309 g/mol. The van der Waals surface area contributed by atoms with Crippen molar-refractivity contribution in [3.63, 3.8) is 0 Å². The number of aryl methyl sites for hydroxylation is 1. The molecule has 0 aliphatic carbocycles. The van der Waals surface area contributed by atoms with Crippen LogP contribution < -0.4 is 10.7 Å². The number of hydrazone groups is 1.